The summed E-state index contributed by atoms with van der Waals surface area (Å²) >= 11 is 7.21. The molecule has 80 valence electrons. The van der Waals surface area contributed by atoms with Crippen LogP contribution in [0.2, 0.25) is 0 Å². The van der Waals surface area contributed by atoms with E-state index >= 15 is 0 Å². The van der Waals surface area contributed by atoms with Gasteiger partial charge in [0.25, 0.3) is 5.69 Å². The SMILES string of the molecule is Cc1ccc(C(=O)CCl)c(I)c1[N+](=O)[O-]. The van der Waals surface area contributed by atoms with Crippen molar-refractivity contribution < 1.29 is 9.72 Å². The lowest BCUT2D eigenvalue weighted by molar-refractivity contribution is -0.386. The van der Waals surface area contributed by atoms with Crippen LogP contribution in [0.5, 0.6) is 0 Å². The largest absolute Gasteiger partial charge is 0.293 e. The van der Waals surface area contributed by atoms with Crippen LogP contribution in [0, 0.1) is 20.6 Å². The number of hydrogen-bond acceptors (Lipinski definition) is 3. The molecule has 0 radical (unpaired) electrons. The second kappa shape index (κ2) is 4.89. The average Bonchev–Trinajstić information content (AvgIpc) is 2.16. The molecule has 0 N–H and O–H groups in total. The van der Waals surface area contributed by atoms with Gasteiger partial charge in [-0.15, -0.1) is 11.6 Å². The van der Waals surface area contributed by atoms with E-state index < -0.39 is 4.92 Å². The number of nitro benzene ring substituents is 1. The summed E-state index contributed by atoms with van der Waals surface area (Å²) in [5.74, 6) is -0.472. The minimum absolute atomic E-state index is 0.0217. The molecule has 4 nitrogen and oxygen atoms in total. The normalized spacial score (nSPS) is 10.1. The van der Waals surface area contributed by atoms with Gasteiger partial charge in [-0.3, -0.25) is 14.9 Å². The maximum absolute atomic E-state index is 11.4. The van der Waals surface area contributed by atoms with E-state index in [0.29, 0.717) is 14.7 Å². The number of ketones is 1. The Morgan fingerprint density at radius 3 is 2.67 bits per heavy atom. The van der Waals surface area contributed by atoms with Crippen molar-refractivity contribution >= 4 is 45.7 Å². The smallest absolute Gasteiger partial charge is 0.286 e. The van der Waals surface area contributed by atoms with Crippen molar-refractivity contribution in [3.05, 3.63) is 36.9 Å². The highest BCUT2D eigenvalue weighted by molar-refractivity contribution is 14.1. The van der Waals surface area contributed by atoms with Gasteiger partial charge in [0.2, 0.25) is 0 Å². The fourth-order valence-corrected chi connectivity index (χ4v) is 2.42. The quantitative estimate of drug-likeness (QED) is 0.280. The summed E-state index contributed by atoms with van der Waals surface area (Å²) in [6.45, 7) is 1.63. The van der Waals surface area contributed by atoms with Crippen LogP contribution >= 0.6 is 34.2 Å². The highest BCUT2D eigenvalue weighted by atomic mass is 127. The van der Waals surface area contributed by atoms with Gasteiger partial charge in [0.05, 0.1) is 10.8 Å². The lowest BCUT2D eigenvalue weighted by atomic mass is 10.1. The highest BCUT2D eigenvalue weighted by Gasteiger charge is 2.21. The number of nitro groups is 1. The standard InChI is InChI=1S/C9H7ClINO3/c1-5-2-3-6(7(13)4-10)8(11)9(5)12(14)15/h2-3H,4H2,1H3. The van der Waals surface area contributed by atoms with Gasteiger partial charge in [-0.25, -0.2) is 0 Å². The van der Waals surface area contributed by atoms with Crippen LogP contribution in [0.25, 0.3) is 0 Å². The minimum Gasteiger partial charge on any atom is -0.293 e. The van der Waals surface area contributed by atoms with Crippen molar-refractivity contribution in [2.24, 2.45) is 0 Å². The molecule has 1 rings (SSSR count). The van der Waals surface area contributed by atoms with Gasteiger partial charge in [-0.1, -0.05) is 6.07 Å². The number of halogens is 2. The average molecular weight is 340 g/mol. The zero-order valence-corrected chi connectivity index (χ0v) is 10.7. The van der Waals surface area contributed by atoms with E-state index in [4.69, 9.17) is 11.6 Å². The Kier molecular flexibility index (Phi) is 4.04. The number of rotatable bonds is 3. The Balaban J connectivity index is 3.41. The maximum atomic E-state index is 11.4. The van der Waals surface area contributed by atoms with E-state index in [0.717, 1.165) is 0 Å². The van der Waals surface area contributed by atoms with Gasteiger partial charge in [0.15, 0.2) is 5.78 Å². The Bertz CT molecular complexity index is 434. The topological polar surface area (TPSA) is 60.2 Å². The van der Waals surface area contributed by atoms with Gasteiger partial charge in [0, 0.05) is 11.1 Å². The first-order valence-electron chi connectivity index (χ1n) is 4.01. The summed E-state index contributed by atoms with van der Waals surface area (Å²) in [5.41, 5.74) is 0.824. The Morgan fingerprint density at radius 2 is 2.20 bits per heavy atom. The molecular formula is C9H7ClINO3. The molecule has 0 unspecified atom stereocenters. The van der Waals surface area contributed by atoms with Gasteiger partial charge in [0.1, 0.15) is 3.57 Å². The highest BCUT2D eigenvalue weighted by Crippen LogP contribution is 2.28. The van der Waals surface area contributed by atoms with Crippen LogP contribution in [-0.4, -0.2) is 16.6 Å². The van der Waals surface area contributed by atoms with Crippen molar-refractivity contribution in [2.45, 2.75) is 6.92 Å². The number of carbonyl (C=O) groups excluding carboxylic acids is 1. The van der Waals surface area contributed by atoms with E-state index in [1.807, 2.05) is 0 Å². The number of hydrogen-bond donors (Lipinski definition) is 0. The van der Waals surface area contributed by atoms with Crippen LogP contribution in [-0.2, 0) is 0 Å². The van der Waals surface area contributed by atoms with Gasteiger partial charge < -0.3 is 0 Å². The Morgan fingerprint density at radius 1 is 1.60 bits per heavy atom. The number of aryl methyl sites for hydroxylation is 1. The van der Waals surface area contributed by atoms with Crippen molar-refractivity contribution in [3.8, 4) is 0 Å². The molecule has 0 aliphatic carbocycles. The number of benzene rings is 1. The predicted molar refractivity (Wildman–Crippen MR) is 65.6 cm³/mol. The Hall–Kier alpha value is -0.690. The first-order chi connectivity index (χ1) is 6.99. The molecule has 0 aromatic heterocycles. The van der Waals surface area contributed by atoms with Gasteiger partial charge in [-0.05, 0) is 35.6 Å². The zero-order valence-electron chi connectivity index (χ0n) is 7.79. The molecule has 0 saturated heterocycles. The molecule has 0 aliphatic rings. The first-order valence-corrected chi connectivity index (χ1v) is 5.63. The van der Waals surface area contributed by atoms with Crippen LogP contribution in [0.4, 0.5) is 5.69 Å². The number of Topliss-reactive ketones (excluding diaryl/α,β-unsaturated/α-hetero) is 1. The summed E-state index contributed by atoms with van der Waals surface area (Å²) < 4.78 is 0.350. The van der Waals surface area contributed by atoms with E-state index in [2.05, 4.69) is 0 Å². The molecule has 0 saturated carbocycles. The molecule has 15 heavy (non-hydrogen) atoms. The van der Waals surface area contributed by atoms with Crippen molar-refractivity contribution in [3.63, 3.8) is 0 Å². The van der Waals surface area contributed by atoms with Crippen LogP contribution in [0.1, 0.15) is 15.9 Å². The minimum atomic E-state index is -0.484. The second-order valence-corrected chi connectivity index (χ2v) is 4.25. The first kappa shape index (κ1) is 12.4. The van der Waals surface area contributed by atoms with Crippen LogP contribution < -0.4 is 0 Å². The number of carbonyl (C=O) groups is 1. The molecule has 0 fully saturated rings. The predicted octanol–water partition coefficient (Wildman–Crippen LogP) is 2.93. The summed E-state index contributed by atoms with van der Waals surface area (Å²) in [6, 6.07) is 3.12. The molecule has 1 aromatic carbocycles. The zero-order chi connectivity index (χ0) is 11.6. The summed E-state index contributed by atoms with van der Waals surface area (Å²) in [6.07, 6.45) is 0. The molecule has 0 spiro atoms. The molecule has 1 aromatic rings. The van der Waals surface area contributed by atoms with Crippen molar-refractivity contribution in [2.75, 3.05) is 5.88 Å². The monoisotopic (exact) mass is 339 g/mol. The van der Waals surface area contributed by atoms with Crippen LogP contribution in [0.15, 0.2) is 12.1 Å². The third-order valence-corrected chi connectivity index (χ3v) is 3.26. The second-order valence-electron chi connectivity index (χ2n) is 2.91. The molecule has 0 aliphatic heterocycles. The van der Waals surface area contributed by atoms with Gasteiger partial charge >= 0.3 is 0 Å². The van der Waals surface area contributed by atoms with Crippen LogP contribution in [0.3, 0.4) is 0 Å². The molecular weight excluding hydrogens is 332 g/mol. The Labute approximate surface area is 105 Å². The fourth-order valence-electron chi connectivity index (χ4n) is 1.17. The molecule has 6 heteroatoms. The summed E-state index contributed by atoms with van der Waals surface area (Å²) in [4.78, 5) is 21.6. The van der Waals surface area contributed by atoms with Gasteiger partial charge in [-0.2, -0.15) is 0 Å². The maximum Gasteiger partial charge on any atom is 0.286 e. The lowest BCUT2D eigenvalue weighted by Crippen LogP contribution is -2.06. The fraction of sp³-hybridized carbons (Fsp3) is 0.222. The van der Waals surface area contributed by atoms with E-state index in [9.17, 15) is 14.9 Å². The molecule has 0 bridgehead atoms. The van der Waals surface area contributed by atoms with E-state index in [1.165, 1.54) is 0 Å². The summed E-state index contributed by atoms with van der Waals surface area (Å²) in [7, 11) is 0. The third-order valence-electron chi connectivity index (χ3n) is 1.92. The third kappa shape index (κ3) is 2.46. The molecule has 0 atom stereocenters. The number of nitrogens with zero attached hydrogens (tertiary/aromatic N) is 1. The molecule has 0 heterocycles. The molecule has 0 amide bonds. The van der Waals surface area contributed by atoms with Crippen molar-refractivity contribution in [1.29, 1.82) is 0 Å². The lowest BCUT2D eigenvalue weighted by Gasteiger charge is -2.04. The summed E-state index contributed by atoms with van der Waals surface area (Å²) in [5, 5.41) is 10.8. The van der Waals surface area contributed by atoms with Crippen molar-refractivity contribution in [1.82, 2.24) is 0 Å². The van der Waals surface area contributed by atoms with E-state index in [-0.39, 0.29) is 17.4 Å². The van der Waals surface area contributed by atoms with E-state index in [1.54, 1.807) is 41.6 Å². The number of alkyl halides is 1.